The highest BCUT2D eigenvalue weighted by atomic mass is 16.5. The van der Waals surface area contributed by atoms with Crippen molar-refractivity contribution in [3.63, 3.8) is 0 Å². The molecule has 0 radical (unpaired) electrons. The highest BCUT2D eigenvalue weighted by molar-refractivity contribution is 5.82. The standard InChI is InChI=1S/C15H17N3O3/c1-12(16)9-15(19)20-8-2-3-13-4-5-14(21-13)10-18-7-6-17-11-18/h2-7,9,11H,8,10,16H2,1H3/b3-2+,12-9-. The predicted octanol–water partition coefficient (Wildman–Crippen LogP) is 1.94. The molecule has 2 N–H and O–H groups in total. The number of nitrogens with zero attached hydrogens (tertiary/aromatic N) is 2. The van der Waals surface area contributed by atoms with Gasteiger partial charge in [0.15, 0.2) is 0 Å². The maximum Gasteiger partial charge on any atom is 0.332 e. The second kappa shape index (κ2) is 7.14. The van der Waals surface area contributed by atoms with Gasteiger partial charge in [-0.2, -0.15) is 0 Å². The summed E-state index contributed by atoms with van der Waals surface area (Å²) in [7, 11) is 0. The number of furan rings is 1. The Morgan fingerprint density at radius 1 is 1.52 bits per heavy atom. The van der Waals surface area contributed by atoms with Gasteiger partial charge in [-0.15, -0.1) is 0 Å². The van der Waals surface area contributed by atoms with Crippen LogP contribution >= 0.6 is 0 Å². The normalized spacial score (nSPS) is 12.0. The average Bonchev–Trinajstić information content (AvgIpc) is 3.06. The SMILES string of the molecule is C/C(N)=C/C(=O)OC/C=C/c1ccc(Cn2ccnc2)o1. The molecule has 2 aromatic heterocycles. The zero-order valence-electron chi connectivity index (χ0n) is 11.7. The van der Waals surface area contributed by atoms with Crippen molar-refractivity contribution in [2.75, 3.05) is 6.61 Å². The Hall–Kier alpha value is -2.76. The number of hydrogen-bond acceptors (Lipinski definition) is 5. The summed E-state index contributed by atoms with van der Waals surface area (Å²) in [4.78, 5) is 15.2. The first kappa shape index (κ1) is 14.6. The fourth-order valence-electron chi connectivity index (χ4n) is 1.65. The van der Waals surface area contributed by atoms with Crippen LogP contribution in [0.3, 0.4) is 0 Å². The van der Waals surface area contributed by atoms with Crippen LogP contribution in [0.4, 0.5) is 0 Å². The van der Waals surface area contributed by atoms with Crippen molar-refractivity contribution in [3.05, 3.63) is 60.2 Å². The van der Waals surface area contributed by atoms with Gasteiger partial charge < -0.3 is 19.5 Å². The maximum absolute atomic E-state index is 11.2. The monoisotopic (exact) mass is 287 g/mol. The molecule has 0 aliphatic rings. The maximum atomic E-state index is 11.2. The number of imidazole rings is 1. The second-order valence-corrected chi connectivity index (χ2v) is 4.46. The van der Waals surface area contributed by atoms with Gasteiger partial charge in [-0.3, -0.25) is 0 Å². The molecule has 0 spiro atoms. The molecule has 2 rings (SSSR count). The lowest BCUT2D eigenvalue weighted by Gasteiger charge is -1.97. The van der Waals surface area contributed by atoms with E-state index in [0.29, 0.717) is 18.0 Å². The fourth-order valence-corrected chi connectivity index (χ4v) is 1.65. The molecule has 21 heavy (non-hydrogen) atoms. The van der Waals surface area contributed by atoms with Crippen LogP contribution in [0.5, 0.6) is 0 Å². The lowest BCUT2D eigenvalue weighted by molar-refractivity contribution is -0.136. The van der Waals surface area contributed by atoms with Gasteiger partial charge >= 0.3 is 5.97 Å². The third-order valence-electron chi connectivity index (χ3n) is 2.53. The van der Waals surface area contributed by atoms with Crippen molar-refractivity contribution in [2.45, 2.75) is 13.5 Å². The average molecular weight is 287 g/mol. The first-order chi connectivity index (χ1) is 10.1. The van der Waals surface area contributed by atoms with Gasteiger partial charge in [0, 0.05) is 24.2 Å². The van der Waals surface area contributed by atoms with E-state index < -0.39 is 5.97 Å². The molecule has 2 heterocycles. The molecular weight excluding hydrogens is 270 g/mol. The van der Waals surface area contributed by atoms with Crippen molar-refractivity contribution in [2.24, 2.45) is 5.73 Å². The van der Waals surface area contributed by atoms with E-state index in [-0.39, 0.29) is 6.61 Å². The summed E-state index contributed by atoms with van der Waals surface area (Å²) in [6, 6.07) is 3.75. The third-order valence-corrected chi connectivity index (χ3v) is 2.53. The Kier molecular flexibility index (Phi) is 4.98. The lowest BCUT2D eigenvalue weighted by Crippen LogP contribution is -2.03. The molecule has 0 bridgehead atoms. The minimum atomic E-state index is -0.458. The number of hydrogen-bond donors (Lipinski definition) is 1. The number of aromatic nitrogens is 2. The van der Waals surface area contributed by atoms with E-state index >= 15 is 0 Å². The summed E-state index contributed by atoms with van der Waals surface area (Å²) in [6.45, 7) is 2.42. The van der Waals surface area contributed by atoms with Crippen LogP contribution in [0.2, 0.25) is 0 Å². The summed E-state index contributed by atoms with van der Waals surface area (Å²) < 4.78 is 12.5. The zero-order valence-corrected chi connectivity index (χ0v) is 11.7. The fraction of sp³-hybridized carbons (Fsp3) is 0.200. The van der Waals surface area contributed by atoms with Crippen LogP contribution in [0.25, 0.3) is 6.08 Å². The van der Waals surface area contributed by atoms with Crippen LogP contribution in [0.1, 0.15) is 18.4 Å². The van der Waals surface area contributed by atoms with Crippen LogP contribution in [-0.2, 0) is 16.1 Å². The summed E-state index contributed by atoms with van der Waals surface area (Å²) in [5, 5.41) is 0. The Bertz CT molecular complexity index is 635. The van der Waals surface area contributed by atoms with Gasteiger partial charge in [0.1, 0.15) is 18.1 Å². The minimum Gasteiger partial charge on any atom is -0.460 e. The summed E-state index contributed by atoms with van der Waals surface area (Å²) >= 11 is 0. The van der Waals surface area contributed by atoms with E-state index in [4.69, 9.17) is 14.9 Å². The van der Waals surface area contributed by atoms with Gasteiger partial charge in [0.05, 0.1) is 12.9 Å². The number of carbonyl (C=O) groups excluding carboxylic acids is 1. The molecule has 6 heteroatoms. The smallest absolute Gasteiger partial charge is 0.332 e. The number of ether oxygens (including phenoxy) is 1. The third kappa shape index (κ3) is 5.02. The van der Waals surface area contributed by atoms with Crippen molar-refractivity contribution in [3.8, 4) is 0 Å². The second-order valence-electron chi connectivity index (χ2n) is 4.46. The Labute approximate surface area is 122 Å². The molecular formula is C15H17N3O3. The van der Waals surface area contributed by atoms with E-state index in [9.17, 15) is 4.79 Å². The van der Waals surface area contributed by atoms with E-state index in [0.717, 1.165) is 5.76 Å². The molecule has 0 atom stereocenters. The number of carbonyl (C=O) groups is 1. The Balaban J connectivity index is 1.81. The summed E-state index contributed by atoms with van der Waals surface area (Å²) in [5.74, 6) is 1.07. The molecule has 0 aliphatic carbocycles. The van der Waals surface area contributed by atoms with Crippen molar-refractivity contribution < 1.29 is 13.9 Å². The highest BCUT2D eigenvalue weighted by Crippen LogP contribution is 2.11. The summed E-state index contributed by atoms with van der Waals surface area (Å²) in [6.07, 6.45) is 10.0. The molecule has 110 valence electrons. The zero-order chi connectivity index (χ0) is 15.1. The van der Waals surface area contributed by atoms with Gasteiger partial charge in [-0.05, 0) is 31.2 Å². The van der Waals surface area contributed by atoms with E-state index in [1.165, 1.54) is 6.08 Å². The number of rotatable bonds is 6. The van der Waals surface area contributed by atoms with Crippen molar-refractivity contribution in [1.82, 2.24) is 9.55 Å². The molecule has 0 fully saturated rings. The Morgan fingerprint density at radius 3 is 3.10 bits per heavy atom. The van der Waals surface area contributed by atoms with Gasteiger partial charge in [-0.25, -0.2) is 9.78 Å². The van der Waals surface area contributed by atoms with E-state index in [1.807, 2.05) is 22.9 Å². The molecule has 2 aromatic rings. The quantitative estimate of drug-likeness (QED) is 0.648. The molecule has 0 saturated carbocycles. The molecule has 6 nitrogen and oxygen atoms in total. The van der Waals surface area contributed by atoms with Crippen LogP contribution < -0.4 is 5.73 Å². The highest BCUT2D eigenvalue weighted by Gasteiger charge is 2.00. The topological polar surface area (TPSA) is 83.3 Å². The van der Waals surface area contributed by atoms with E-state index in [1.54, 1.807) is 31.6 Å². The van der Waals surface area contributed by atoms with Crippen LogP contribution in [0, 0.1) is 0 Å². The molecule has 0 amide bonds. The van der Waals surface area contributed by atoms with Gasteiger partial charge in [0.25, 0.3) is 0 Å². The van der Waals surface area contributed by atoms with Crippen molar-refractivity contribution in [1.29, 1.82) is 0 Å². The lowest BCUT2D eigenvalue weighted by atomic mass is 10.4. The minimum absolute atomic E-state index is 0.167. The first-order valence-electron chi connectivity index (χ1n) is 6.45. The first-order valence-corrected chi connectivity index (χ1v) is 6.45. The molecule has 0 saturated heterocycles. The van der Waals surface area contributed by atoms with Gasteiger partial charge in [-0.1, -0.05) is 0 Å². The van der Waals surface area contributed by atoms with Crippen LogP contribution in [0.15, 0.2) is 53.1 Å². The van der Waals surface area contributed by atoms with Crippen molar-refractivity contribution >= 4 is 12.0 Å². The number of nitrogens with two attached hydrogens (primary N) is 1. The largest absolute Gasteiger partial charge is 0.460 e. The number of allylic oxidation sites excluding steroid dienone is 1. The van der Waals surface area contributed by atoms with Crippen LogP contribution in [-0.4, -0.2) is 22.1 Å². The Morgan fingerprint density at radius 2 is 2.38 bits per heavy atom. The molecule has 0 aliphatic heterocycles. The summed E-state index contributed by atoms with van der Waals surface area (Å²) in [5.41, 5.74) is 5.78. The van der Waals surface area contributed by atoms with E-state index in [2.05, 4.69) is 4.98 Å². The molecule has 0 aromatic carbocycles. The van der Waals surface area contributed by atoms with Gasteiger partial charge in [0.2, 0.25) is 0 Å². The predicted molar refractivity (Wildman–Crippen MR) is 78.0 cm³/mol. The number of esters is 1. The molecule has 0 unspecified atom stereocenters.